The highest BCUT2D eigenvalue weighted by atomic mass is 16.1. The highest BCUT2D eigenvalue weighted by Gasteiger charge is 2.27. The van der Waals surface area contributed by atoms with E-state index in [0.29, 0.717) is 6.54 Å². The number of aromatic nitrogens is 4. The van der Waals surface area contributed by atoms with Gasteiger partial charge in [0, 0.05) is 30.5 Å². The Morgan fingerprint density at radius 1 is 1.11 bits per heavy atom. The number of anilines is 2. The van der Waals surface area contributed by atoms with Gasteiger partial charge in [-0.1, -0.05) is 18.2 Å². The lowest BCUT2D eigenvalue weighted by Gasteiger charge is -2.32. The number of aryl methyl sites for hydroxylation is 2. The van der Waals surface area contributed by atoms with Crippen molar-refractivity contribution >= 4 is 17.4 Å². The van der Waals surface area contributed by atoms with Gasteiger partial charge in [-0.05, 0) is 44.9 Å². The molecule has 1 aliphatic rings. The maximum absolute atomic E-state index is 12.7. The first-order valence-electron chi connectivity index (χ1n) is 9.57. The third kappa shape index (κ3) is 3.88. The van der Waals surface area contributed by atoms with Crippen LogP contribution in [0.4, 0.5) is 11.5 Å². The Kier molecular flexibility index (Phi) is 5.06. The Labute approximate surface area is 164 Å². The number of nitrogens with one attached hydrogen (secondary N) is 1. The lowest BCUT2D eigenvalue weighted by atomic mass is 9.97. The van der Waals surface area contributed by atoms with Crippen molar-refractivity contribution in [2.75, 3.05) is 23.3 Å². The number of benzene rings is 1. The molecule has 0 aliphatic carbocycles. The minimum absolute atomic E-state index is 0.0590. The lowest BCUT2D eigenvalue weighted by Crippen LogP contribution is -2.41. The molecule has 0 bridgehead atoms. The fraction of sp³-hybridized carbons (Fsp3) is 0.333. The molecule has 1 atom stereocenters. The normalized spacial score (nSPS) is 16.8. The van der Waals surface area contributed by atoms with Crippen LogP contribution in [0.2, 0.25) is 0 Å². The second-order valence-electron chi connectivity index (χ2n) is 7.21. The number of carbonyl (C=O) groups excluding carboxylic acids is 1. The Morgan fingerprint density at radius 2 is 1.89 bits per heavy atom. The van der Waals surface area contributed by atoms with Crippen LogP contribution in [0.25, 0.3) is 5.82 Å². The fourth-order valence-electron chi connectivity index (χ4n) is 3.65. The van der Waals surface area contributed by atoms with Crippen LogP contribution in [0, 0.1) is 19.8 Å². The molecule has 28 heavy (non-hydrogen) atoms. The SMILES string of the molecule is Cc1cc(C)n(-c2cc(N3CCCC(C(=O)Nc4ccccc4)C3)ncn2)n1. The molecule has 1 saturated heterocycles. The summed E-state index contributed by atoms with van der Waals surface area (Å²) in [5, 5.41) is 7.52. The molecule has 144 valence electrons. The van der Waals surface area contributed by atoms with Crippen molar-refractivity contribution in [3.63, 3.8) is 0 Å². The van der Waals surface area contributed by atoms with E-state index in [2.05, 4.69) is 25.3 Å². The summed E-state index contributed by atoms with van der Waals surface area (Å²) in [6, 6.07) is 13.6. The van der Waals surface area contributed by atoms with E-state index in [1.54, 1.807) is 6.33 Å². The van der Waals surface area contributed by atoms with Crippen molar-refractivity contribution < 1.29 is 4.79 Å². The van der Waals surface area contributed by atoms with Crippen LogP contribution >= 0.6 is 0 Å². The van der Waals surface area contributed by atoms with Gasteiger partial charge in [-0.15, -0.1) is 0 Å². The van der Waals surface area contributed by atoms with E-state index in [-0.39, 0.29) is 11.8 Å². The first kappa shape index (κ1) is 18.2. The molecule has 4 rings (SSSR count). The van der Waals surface area contributed by atoms with Gasteiger partial charge in [-0.3, -0.25) is 4.79 Å². The molecule has 1 aromatic carbocycles. The van der Waals surface area contributed by atoms with Crippen molar-refractivity contribution in [1.29, 1.82) is 0 Å². The molecule has 1 aliphatic heterocycles. The molecule has 3 aromatic rings. The van der Waals surface area contributed by atoms with Crippen LogP contribution in [-0.2, 0) is 4.79 Å². The molecule has 2 aromatic heterocycles. The average molecular weight is 376 g/mol. The van der Waals surface area contributed by atoms with E-state index in [0.717, 1.165) is 48.1 Å². The third-order valence-corrected chi connectivity index (χ3v) is 5.02. The molecule has 7 nitrogen and oxygen atoms in total. The van der Waals surface area contributed by atoms with E-state index in [9.17, 15) is 4.79 Å². The molecule has 1 unspecified atom stereocenters. The van der Waals surface area contributed by atoms with E-state index < -0.39 is 0 Å². The van der Waals surface area contributed by atoms with Gasteiger partial charge in [-0.2, -0.15) is 5.10 Å². The predicted octanol–water partition coefficient (Wildman–Crippen LogP) is 3.13. The Bertz CT molecular complexity index is 968. The predicted molar refractivity (Wildman–Crippen MR) is 109 cm³/mol. The van der Waals surface area contributed by atoms with Gasteiger partial charge in [0.15, 0.2) is 5.82 Å². The lowest BCUT2D eigenvalue weighted by molar-refractivity contribution is -0.120. The standard InChI is InChI=1S/C21H24N6O/c1-15-11-16(2)27(25-15)20-12-19(22-14-23-20)26-10-6-7-17(13-26)21(28)24-18-8-4-3-5-9-18/h3-5,8-9,11-12,14,17H,6-7,10,13H2,1-2H3,(H,24,28). The summed E-state index contributed by atoms with van der Waals surface area (Å²) in [6.07, 6.45) is 3.39. The van der Waals surface area contributed by atoms with Gasteiger partial charge in [-0.25, -0.2) is 14.6 Å². The van der Waals surface area contributed by atoms with Gasteiger partial charge in [0.25, 0.3) is 0 Å². The highest BCUT2D eigenvalue weighted by molar-refractivity contribution is 5.93. The van der Waals surface area contributed by atoms with Crippen LogP contribution in [0.3, 0.4) is 0 Å². The van der Waals surface area contributed by atoms with Gasteiger partial charge in [0.05, 0.1) is 11.6 Å². The number of piperidine rings is 1. The van der Waals surface area contributed by atoms with Crippen molar-refractivity contribution in [2.24, 2.45) is 5.92 Å². The average Bonchev–Trinajstić information content (AvgIpc) is 3.07. The largest absolute Gasteiger partial charge is 0.356 e. The molecule has 0 saturated carbocycles. The van der Waals surface area contributed by atoms with E-state index in [1.165, 1.54) is 0 Å². The third-order valence-electron chi connectivity index (χ3n) is 5.02. The molecular formula is C21H24N6O. The van der Waals surface area contributed by atoms with Gasteiger partial charge >= 0.3 is 0 Å². The van der Waals surface area contributed by atoms with Gasteiger partial charge < -0.3 is 10.2 Å². The number of amides is 1. The number of para-hydroxylation sites is 1. The minimum atomic E-state index is -0.0685. The number of nitrogens with zero attached hydrogens (tertiary/aromatic N) is 5. The second-order valence-corrected chi connectivity index (χ2v) is 7.21. The maximum atomic E-state index is 12.7. The van der Waals surface area contributed by atoms with Gasteiger partial charge in [0.2, 0.25) is 5.91 Å². The first-order chi connectivity index (χ1) is 13.6. The summed E-state index contributed by atoms with van der Waals surface area (Å²) in [7, 11) is 0. The Balaban J connectivity index is 1.49. The zero-order chi connectivity index (χ0) is 19.5. The zero-order valence-corrected chi connectivity index (χ0v) is 16.2. The Hall–Kier alpha value is -3.22. The first-order valence-corrected chi connectivity index (χ1v) is 9.57. The second kappa shape index (κ2) is 7.80. The van der Waals surface area contributed by atoms with Crippen molar-refractivity contribution in [3.05, 3.63) is 60.2 Å². The summed E-state index contributed by atoms with van der Waals surface area (Å²) in [5.41, 5.74) is 2.81. The number of hydrogen-bond acceptors (Lipinski definition) is 5. The highest BCUT2D eigenvalue weighted by Crippen LogP contribution is 2.24. The quantitative estimate of drug-likeness (QED) is 0.757. The summed E-state index contributed by atoms with van der Waals surface area (Å²) in [5.74, 6) is 1.56. The van der Waals surface area contributed by atoms with E-state index in [1.807, 2.05) is 61.0 Å². The zero-order valence-electron chi connectivity index (χ0n) is 16.2. The van der Waals surface area contributed by atoms with Gasteiger partial charge in [0.1, 0.15) is 12.1 Å². The molecule has 1 amide bonds. The summed E-state index contributed by atoms with van der Waals surface area (Å²) < 4.78 is 1.82. The van der Waals surface area contributed by atoms with E-state index in [4.69, 9.17) is 0 Å². The number of rotatable bonds is 4. The number of carbonyl (C=O) groups is 1. The topological polar surface area (TPSA) is 75.9 Å². The molecule has 3 heterocycles. The monoisotopic (exact) mass is 376 g/mol. The van der Waals surface area contributed by atoms with Crippen LogP contribution in [0.1, 0.15) is 24.2 Å². The summed E-state index contributed by atoms with van der Waals surface area (Å²) in [6.45, 7) is 5.49. The van der Waals surface area contributed by atoms with Crippen LogP contribution in [0.5, 0.6) is 0 Å². The number of hydrogen-bond donors (Lipinski definition) is 1. The van der Waals surface area contributed by atoms with Crippen LogP contribution in [0.15, 0.2) is 48.8 Å². The molecule has 0 radical (unpaired) electrons. The van der Waals surface area contributed by atoms with E-state index >= 15 is 0 Å². The van der Waals surface area contributed by atoms with Crippen LogP contribution < -0.4 is 10.2 Å². The molecule has 0 spiro atoms. The van der Waals surface area contributed by atoms with Crippen molar-refractivity contribution in [1.82, 2.24) is 19.7 Å². The van der Waals surface area contributed by atoms with Crippen LogP contribution in [-0.4, -0.2) is 38.7 Å². The Morgan fingerprint density at radius 3 is 2.64 bits per heavy atom. The molecule has 1 N–H and O–H groups in total. The summed E-state index contributed by atoms with van der Waals surface area (Å²) in [4.78, 5) is 23.7. The molecule has 1 fully saturated rings. The maximum Gasteiger partial charge on any atom is 0.229 e. The fourth-order valence-corrected chi connectivity index (χ4v) is 3.65. The summed E-state index contributed by atoms with van der Waals surface area (Å²) >= 11 is 0. The molecular weight excluding hydrogens is 352 g/mol. The smallest absolute Gasteiger partial charge is 0.229 e. The molecule has 7 heteroatoms. The minimum Gasteiger partial charge on any atom is -0.356 e. The van der Waals surface area contributed by atoms with Crippen molar-refractivity contribution in [2.45, 2.75) is 26.7 Å². The van der Waals surface area contributed by atoms with Crippen molar-refractivity contribution in [3.8, 4) is 5.82 Å².